The summed E-state index contributed by atoms with van der Waals surface area (Å²) in [5.41, 5.74) is 5.46. The molecule has 0 N–H and O–H groups in total. The van der Waals surface area contributed by atoms with Crippen molar-refractivity contribution in [3.63, 3.8) is 0 Å². The van der Waals surface area contributed by atoms with Crippen LogP contribution in [0.25, 0.3) is 53.9 Å². The molecule has 0 amide bonds. The van der Waals surface area contributed by atoms with E-state index in [-0.39, 0.29) is 0 Å². The molecule has 0 saturated carbocycles. The molecule has 6 rings (SSSR count). The third-order valence-electron chi connectivity index (χ3n) is 5.63. The third kappa shape index (κ3) is 3.40. The number of thiophene rings is 1. The van der Waals surface area contributed by atoms with Crippen molar-refractivity contribution in [1.29, 1.82) is 0 Å². The van der Waals surface area contributed by atoms with Crippen molar-refractivity contribution in [3.8, 4) is 33.8 Å². The van der Waals surface area contributed by atoms with Crippen LogP contribution in [0.15, 0.2) is 103 Å². The maximum Gasteiger partial charge on any atom is 0.161 e. The first-order valence-electron chi connectivity index (χ1n) is 10.4. The van der Waals surface area contributed by atoms with E-state index in [1.807, 2.05) is 17.4 Å². The van der Waals surface area contributed by atoms with Gasteiger partial charge in [0.1, 0.15) is 3.70 Å². The first-order chi connectivity index (χ1) is 15.8. The summed E-state index contributed by atoms with van der Waals surface area (Å²) in [4.78, 5) is 9.89. The fourth-order valence-electron chi connectivity index (χ4n) is 4.17. The molecule has 0 bridgehead atoms. The van der Waals surface area contributed by atoms with E-state index in [1.165, 1.54) is 25.7 Å². The first-order valence-corrected chi connectivity index (χ1v) is 12.3. The lowest BCUT2D eigenvalue weighted by Crippen LogP contribution is -1.97. The van der Waals surface area contributed by atoms with Crippen LogP contribution in [0, 0.1) is 3.70 Å². The van der Waals surface area contributed by atoms with Crippen molar-refractivity contribution in [3.05, 3.63) is 107 Å². The van der Waals surface area contributed by atoms with Gasteiger partial charge in [-0.1, -0.05) is 91.0 Å². The van der Waals surface area contributed by atoms with Crippen molar-refractivity contribution in [2.45, 2.75) is 0 Å². The van der Waals surface area contributed by atoms with Crippen LogP contribution in [0.1, 0.15) is 0 Å². The van der Waals surface area contributed by atoms with Gasteiger partial charge >= 0.3 is 0 Å². The van der Waals surface area contributed by atoms with Crippen LogP contribution in [-0.4, -0.2) is 9.97 Å². The molecule has 4 heteroatoms. The lowest BCUT2D eigenvalue weighted by atomic mass is 9.99. The first kappa shape index (κ1) is 19.6. The highest BCUT2D eigenvalue weighted by Gasteiger charge is 2.15. The summed E-state index contributed by atoms with van der Waals surface area (Å²) in [7, 11) is 0. The van der Waals surface area contributed by atoms with Crippen molar-refractivity contribution < 1.29 is 0 Å². The second-order valence-electron chi connectivity index (χ2n) is 7.59. The van der Waals surface area contributed by atoms with Gasteiger partial charge in [-0.05, 0) is 45.9 Å². The van der Waals surface area contributed by atoms with Gasteiger partial charge in [0, 0.05) is 31.3 Å². The van der Waals surface area contributed by atoms with Gasteiger partial charge < -0.3 is 0 Å². The molecular formula is C28H17IN2S. The van der Waals surface area contributed by atoms with E-state index in [2.05, 4.69) is 120 Å². The number of aromatic nitrogens is 2. The minimum Gasteiger partial charge on any atom is -0.228 e. The van der Waals surface area contributed by atoms with Crippen LogP contribution in [-0.2, 0) is 0 Å². The molecule has 2 heterocycles. The highest BCUT2D eigenvalue weighted by atomic mass is 127. The summed E-state index contributed by atoms with van der Waals surface area (Å²) in [5.74, 6) is 0.754. The number of benzene rings is 4. The van der Waals surface area contributed by atoms with E-state index in [9.17, 15) is 0 Å². The molecule has 0 radical (unpaired) electrons. The SMILES string of the molecule is Ic1cc(-c2cccc3c2sc2ccccc23)nc(-c2ccccc2-c2ccccc2)n1. The predicted octanol–water partition coefficient (Wildman–Crippen LogP) is 8.45. The van der Waals surface area contributed by atoms with Crippen molar-refractivity contribution in [2.24, 2.45) is 0 Å². The smallest absolute Gasteiger partial charge is 0.161 e. The fourth-order valence-corrected chi connectivity index (χ4v) is 5.92. The van der Waals surface area contributed by atoms with Gasteiger partial charge in [-0.2, -0.15) is 0 Å². The maximum atomic E-state index is 5.07. The number of rotatable bonds is 3. The highest BCUT2D eigenvalue weighted by Crippen LogP contribution is 2.40. The van der Waals surface area contributed by atoms with E-state index in [1.54, 1.807) is 0 Å². The summed E-state index contributed by atoms with van der Waals surface area (Å²) in [6, 6.07) is 36.0. The number of fused-ring (bicyclic) bond motifs is 3. The molecule has 0 aliphatic carbocycles. The quantitative estimate of drug-likeness (QED) is 0.166. The average molecular weight is 540 g/mol. The molecule has 0 aliphatic heterocycles. The molecule has 0 spiro atoms. The van der Waals surface area contributed by atoms with Crippen LogP contribution in [0.4, 0.5) is 0 Å². The van der Waals surface area contributed by atoms with E-state index in [0.717, 1.165) is 31.9 Å². The largest absolute Gasteiger partial charge is 0.228 e. The van der Waals surface area contributed by atoms with Gasteiger partial charge in [0.2, 0.25) is 0 Å². The Hall–Kier alpha value is -3.09. The maximum absolute atomic E-state index is 5.07. The van der Waals surface area contributed by atoms with Crippen LogP contribution in [0.2, 0.25) is 0 Å². The molecule has 4 aromatic carbocycles. The Labute approximate surface area is 203 Å². The number of halogens is 1. The summed E-state index contributed by atoms with van der Waals surface area (Å²) >= 11 is 4.13. The van der Waals surface area contributed by atoms with Crippen molar-refractivity contribution in [1.82, 2.24) is 9.97 Å². The predicted molar refractivity (Wildman–Crippen MR) is 144 cm³/mol. The Balaban J connectivity index is 1.57. The fraction of sp³-hybridized carbons (Fsp3) is 0. The topological polar surface area (TPSA) is 25.8 Å². The zero-order valence-corrected chi connectivity index (χ0v) is 20.0. The van der Waals surface area contributed by atoms with E-state index in [4.69, 9.17) is 9.97 Å². The van der Waals surface area contributed by atoms with E-state index < -0.39 is 0 Å². The molecule has 0 fully saturated rings. The summed E-state index contributed by atoms with van der Waals surface area (Å²) in [6.07, 6.45) is 0. The molecule has 2 nitrogen and oxygen atoms in total. The average Bonchev–Trinajstić information content (AvgIpc) is 3.23. The van der Waals surface area contributed by atoms with Crippen LogP contribution >= 0.6 is 33.9 Å². The molecule has 0 atom stereocenters. The Morgan fingerprint density at radius 3 is 2.16 bits per heavy atom. The standard InChI is InChI=1S/C28H17IN2S/c29-26-17-24(23-15-8-14-21-20-12-6-7-16-25(20)32-27(21)23)30-28(31-26)22-13-5-4-11-19(22)18-9-2-1-3-10-18/h1-17H. The highest BCUT2D eigenvalue weighted by molar-refractivity contribution is 14.1. The van der Waals surface area contributed by atoms with Gasteiger partial charge in [0.25, 0.3) is 0 Å². The molecule has 152 valence electrons. The van der Waals surface area contributed by atoms with Crippen LogP contribution in [0.5, 0.6) is 0 Å². The lowest BCUT2D eigenvalue weighted by molar-refractivity contribution is 1.15. The number of hydrogen-bond acceptors (Lipinski definition) is 3. The van der Waals surface area contributed by atoms with Gasteiger partial charge in [-0.15, -0.1) is 11.3 Å². The molecule has 0 saturated heterocycles. The molecule has 6 aromatic rings. The van der Waals surface area contributed by atoms with E-state index in [0.29, 0.717) is 0 Å². The van der Waals surface area contributed by atoms with Crippen molar-refractivity contribution in [2.75, 3.05) is 0 Å². The Morgan fingerprint density at radius 2 is 1.28 bits per heavy atom. The minimum absolute atomic E-state index is 0.754. The summed E-state index contributed by atoms with van der Waals surface area (Å²) < 4.78 is 3.50. The normalized spacial score (nSPS) is 11.3. The number of nitrogens with zero attached hydrogens (tertiary/aromatic N) is 2. The lowest BCUT2D eigenvalue weighted by Gasteiger charge is -2.11. The zero-order chi connectivity index (χ0) is 21.5. The van der Waals surface area contributed by atoms with Crippen LogP contribution in [0.3, 0.4) is 0 Å². The molecule has 0 unspecified atom stereocenters. The van der Waals surface area contributed by atoms with Gasteiger partial charge in [-0.25, -0.2) is 9.97 Å². The second-order valence-corrected chi connectivity index (χ2v) is 9.75. The monoisotopic (exact) mass is 540 g/mol. The van der Waals surface area contributed by atoms with Crippen LogP contribution < -0.4 is 0 Å². The zero-order valence-electron chi connectivity index (χ0n) is 17.0. The second kappa shape index (κ2) is 8.11. The van der Waals surface area contributed by atoms with Gasteiger partial charge in [0.05, 0.1) is 5.69 Å². The third-order valence-corrected chi connectivity index (χ3v) is 7.40. The Kier molecular flexibility index (Phi) is 4.97. The molecule has 2 aromatic heterocycles. The van der Waals surface area contributed by atoms with E-state index >= 15 is 0 Å². The Bertz CT molecular complexity index is 1590. The minimum atomic E-state index is 0.754. The summed E-state index contributed by atoms with van der Waals surface area (Å²) in [5, 5.41) is 2.58. The van der Waals surface area contributed by atoms with Gasteiger partial charge in [0.15, 0.2) is 5.82 Å². The molecule has 32 heavy (non-hydrogen) atoms. The Morgan fingerprint density at radius 1 is 0.594 bits per heavy atom. The van der Waals surface area contributed by atoms with Crippen molar-refractivity contribution >= 4 is 54.1 Å². The molecular weight excluding hydrogens is 523 g/mol. The number of hydrogen-bond donors (Lipinski definition) is 0. The van der Waals surface area contributed by atoms with Gasteiger partial charge in [-0.3, -0.25) is 0 Å². The summed E-state index contributed by atoms with van der Waals surface area (Å²) in [6.45, 7) is 0. The molecule has 0 aliphatic rings.